The smallest absolute Gasteiger partial charge is 0.408 e. The largest absolute Gasteiger partial charge is 0.458 e. The maximum Gasteiger partial charge on any atom is 0.408 e. The molecule has 0 atom stereocenters. The van der Waals surface area contributed by atoms with Gasteiger partial charge in [0.1, 0.15) is 11.4 Å². The lowest BCUT2D eigenvalue weighted by Crippen LogP contribution is -2.48. The van der Waals surface area contributed by atoms with Crippen LogP contribution in [-0.4, -0.2) is 29.1 Å². The van der Waals surface area contributed by atoms with Crippen LogP contribution in [0.25, 0.3) is 22.1 Å². The van der Waals surface area contributed by atoms with Gasteiger partial charge in [-0.15, -0.1) is 0 Å². The summed E-state index contributed by atoms with van der Waals surface area (Å²) in [6.45, 7) is 12.5. The molecule has 0 unspecified atom stereocenters. The summed E-state index contributed by atoms with van der Waals surface area (Å²) in [6, 6.07) is 14.4. The Bertz CT molecular complexity index is 1120. The second kappa shape index (κ2) is 8.65. The van der Waals surface area contributed by atoms with Crippen LogP contribution in [0.5, 0.6) is 0 Å². The number of carbonyl (C=O) groups is 1. The van der Waals surface area contributed by atoms with Gasteiger partial charge in [-0.1, -0.05) is 37.6 Å². The van der Waals surface area contributed by atoms with Crippen LogP contribution in [0, 0.1) is 5.41 Å². The normalized spacial score (nSPS) is 16.1. The number of nitrogens with zero attached hydrogens (tertiary/aromatic N) is 1. The minimum absolute atomic E-state index is 0.231. The van der Waals surface area contributed by atoms with E-state index in [1.165, 1.54) is 4.90 Å². The van der Waals surface area contributed by atoms with Crippen LogP contribution in [0.15, 0.2) is 51.8 Å². The number of amides is 1. The van der Waals surface area contributed by atoms with Crippen LogP contribution in [0.3, 0.4) is 0 Å². The number of hydrogen-bond acceptors (Lipinski definition) is 5. The number of nitrogens with one attached hydrogen (secondary N) is 1. The molecule has 0 aliphatic carbocycles. The minimum atomic E-state index is -0.546. The number of hydrogen-bond donors (Lipinski definition) is 1. The van der Waals surface area contributed by atoms with Crippen LogP contribution in [0.2, 0.25) is 5.02 Å². The van der Waals surface area contributed by atoms with Crippen molar-refractivity contribution in [2.45, 2.75) is 51.7 Å². The predicted molar refractivity (Wildman–Crippen MR) is 131 cm³/mol. The Morgan fingerprint density at radius 2 is 1.84 bits per heavy atom. The molecule has 0 radical (unpaired) electrons. The third kappa shape index (κ3) is 5.61. The highest BCUT2D eigenvalue weighted by molar-refractivity contribution is 7.97. The van der Waals surface area contributed by atoms with Gasteiger partial charge in [0.15, 0.2) is 5.58 Å². The van der Waals surface area contributed by atoms with Crippen molar-refractivity contribution in [1.82, 2.24) is 9.62 Å². The molecule has 1 fully saturated rings. The molecule has 1 saturated heterocycles. The van der Waals surface area contributed by atoms with Crippen LogP contribution >= 0.6 is 23.5 Å². The fourth-order valence-corrected chi connectivity index (χ4v) is 5.37. The summed E-state index contributed by atoms with van der Waals surface area (Å²) >= 11 is 8.32. The molecule has 1 amide bonds. The zero-order chi connectivity index (χ0) is 23.1. The zero-order valence-electron chi connectivity index (χ0n) is 19.1. The van der Waals surface area contributed by atoms with E-state index in [1.807, 2.05) is 32.9 Å². The van der Waals surface area contributed by atoms with Crippen LogP contribution in [0.1, 0.15) is 40.4 Å². The Kier molecular flexibility index (Phi) is 6.23. The number of alkyl carbamates (subject to hydrolysis) is 1. The minimum Gasteiger partial charge on any atom is -0.458 e. The first kappa shape index (κ1) is 23.0. The zero-order valence-corrected chi connectivity index (χ0v) is 20.7. The van der Waals surface area contributed by atoms with E-state index in [2.05, 4.69) is 53.8 Å². The van der Waals surface area contributed by atoms with Gasteiger partial charge in [0.05, 0.1) is 11.6 Å². The molecule has 5 nitrogen and oxygen atoms in total. The van der Waals surface area contributed by atoms with Crippen molar-refractivity contribution in [2.75, 3.05) is 13.1 Å². The standard InChI is InChI=1S/C25H29ClN2O3S/c1-24(2,3)31-23(29)27-13-19-11-18-10-17(12-21(26)22(18)30-19)16-6-8-20(9-7-16)32-28-14-25(4,5)15-28/h6-12H,13-15H2,1-5H3,(H,27,29). The number of ether oxygens (including phenoxy) is 1. The Labute approximate surface area is 198 Å². The van der Waals surface area contributed by atoms with Crippen molar-refractivity contribution in [3.8, 4) is 11.1 Å². The summed E-state index contributed by atoms with van der Waals surface area (Å²) in [5, 5.41) is 4.16. The van der Waals surface area contributed by atoms with Gasteiger partial charge in [-0.2, -0.15) is 0 Å². The van der Waals surface area contributed by atoms with Gasteiger partial charge in [-0.3, -0.25) is 0 Å². The molecular weight excluding hydrogens is 444 g/mol. The maximum absolute atomic E-state index is 11.9. The van der Waals surface area contributed by atoms with Gasteiger partial charge in [0, 0.05) is 23.4 Å². The monoisotopic (exact) mass is 472 g/mol. The van der Waals surface area contributed by atoms with E-state index in [0.29, 0.717) is 21.8 Å². The van der Waals surface area contributed by atoms with Crippen LogP contribution < -0.4 is 5.32 Å². The lowest BCUT2D eigenvalue weighted by molar-refractivity contribution is 0.0520. The third-order valence-electron chi connectivity index (χ3n) is 5.06. The number of furan rings is 1. The Hall–Kier alpha value is -2.15. The van der Waals surface area contributed by atoms with Crippen molar-refractivity contribution < 1.29 is 13.9 Å². The van der Waals surface area contributed by atoms with E-state index in [9.17, 15) is 4.79 Å². The van der Waals surface area contributed by atoms with Crippen molar-refractivity contribution in [3.63, 3.8) is 0 Å². The van der Waals surface area contributed by atoms with Gasteiger partial charge >= 0.3 is 6.09 Å². The summed E-state index contributed by atoms with van der Waals surface area (Å²) < 4.78 is 13.5. The highest BCUT2D eigenvalue weighted by Crippen LogP contribution is 2.38. The lowest BCUT2D eigenvalue weighted by Gasteiger charge is -2.44. The van der Waals surface area contributed by atoms with Crippen molar-refractivity contribution >= 4 is 40.6 Å². The van der Waals surface area contributed by atoms with E-state index in [4.69, 9.17) is 20.8 Å². The number of halogens is 1. The average molecular weight is 473 g/mol. The van der Waals surface area contributed by atoms with E-state index < -0.39 is 11.7 Å². The van der Waals surface area contributed by atoms with Crippen molar-refractivity contribution in [2.24, 2.45) is 5.41 Å². The van der Waals surface area contributed by atoms with E-state index in [-0.39, 0.29) is 6.54 Å². The Morgan fingerprint density at radius 1 is 1.16 bits per heavy atom. The van der Waals surface area contributed by atoms with E-state index >= 15 is 0 Å². The highest BCUT2D eigenvalue weighted by atomic mass is 35.5. The number of carbonyl (C=O) groups excluding carboxylic acids is 1. The van der Waals surface area contributed by atoms with Crippen molar-refractivity contribution in [3.05, 3.63) is 53.2 Å². The Morgan fingerprint density at radius 3 is 2.47 bits per heavy atom. The topological polar surface area (TPSA) is 54.7 Å². The molecule has 2 heterocycles. The van der Waals surface area contributed by atoms with Gasteiger partial charge in [0.2, 0.25) is 0 Å². The molecule has 1 aliphatic heterocycles. The first-order valence-electron chi connectivity index (χ1n) is 10.7. The SMILES string of the molecule is CC1(C)CN(Sc2ccc(-c3cc(Cl)c4oc(CNC(=O)OC(C)(C)C)cc4c3)cc2)C1. The highest BCUT2D eigenvalue weighted by Gasteiger charge is 2.34. The number of rotatable bonds is 5. The van der Waals surface area contributed by atoms with Gasteiger partial charge in [0.25, 0.3) is 0 Å². The average Bonchev–Trinajstić information content (AvgIpc) is 3.08. The molecule has 7 heteroatoms. The molecule has 170 valence electrons. The molecule has 3 aromatic rings. The Balaban J connectivity index is 1.45. The second-order valence-electron chi connectivity index (χ2n) is 10.0. The molecule has 1 aromatic heterocycles. The van der Waals surface area contributed by atoms with Gasteiger partial charge < -0.3 is 14.5 Å². The number of benzene rings is 2. The van der Waals surface area contributed by atoms with Gasteiger partial charge in [-0.25, -0.2) is 9.10 Å². The molecule has 0 bridgehead atoms. The van der Waals surface area contributed by atoms with Crippen LogP contribution in [-0.2, 0) is 11.3 Å². The lowest BCUT2D eigenvalue weighted by atomic mass is 9.87. The fraction of sp³-hybridized carbons (Fsp3) is 0.400. The van der Waals surface area contributed by atoms with E-state index in [0.717, 1.165) is 29.6 Å². The van der Waals surface area contributed by atoms with Crippen LogP contribution in [0.4, 0.5) is 4.79 Å². The first-order chi connectivity index (χ1) is 15.0. The summed E-state index contributed by atoms with van der Waals surface area (Å²) in [5.41, 5.74) is 2.61. The summed E-state index contributed by atoms with van der Waals surface area (Å²) in [7, 11) is 0. The molecule has 4 rings (SSSR count). The second-order valence-corrected chi connectivity index (χ2v) is 11.6. The molecule has 0 saturated carbocycles. The van der Waals surface area contributed by atoms with Gasteiger partial charge in [-0.05, 0) is 79.6 Å². The molecule has 1 aliphatic rings. The summed E-state index contributed by atoms with van der Waals surface area (Å²) in [4.78, 5) is 13.1. The number of fused-ring (bicyclic) bond motifs is 1. The molecule has 2 aromatic carbocycles. The molecule has 0 spiro atoms. The predicted octanol–water partition coefficient (Wildman–Crippen LogP) is 7.13. The summed E-state index contributed by atoms with van der Waals surface area (Å²) in [5.74, 6) is 0.620. The first-order valence-corrected chi connectivity index (χ1v) is 11.8. The fourth-order valence-electron chi connectivity index (χ4n) is 3.72. The molecule has 1 N–H and O–H groups in total. The third-order valence-corrected chi connectivity index (χ3v) is 6.34. The maximum atomic E-state index is 11.9. The molecule has 32 heavy (non-hydrogen) atoms. The quantitative estimate of drug-likeness (QED) is 0.400. The summed E-state index contributed by atoms with van der Waals surface area (Å²) in [6.07, 6.45) is -0.482. The van der Waals surface area contributed by atoms with E-state index in [1.54, 1.807) is 11.9 Å². The molecular formula is C25H29ClN2O3S. The van der Waals surface area contributed by atoms with Crippen molar-refractivity contribution in [1.29, 1.82) is 0 Å².